The molecule has 1 atom stereocenters. The summed E-state index contributed by atoms with van der Waals surface area (Å²) in [5.74, 6) is 0.425. The van der Waals surface area contributed by atoms with Gasteiger partial charge in [0.05, 0.1) is 13.2 Å². The summed E-state index contributed by atoms with van der Waals surface area (Å²) in [5.41, 5.74) is 0. The van der Waals surface area contributed by atoms with E-state index in [1.165, 1.54) is 0 Å². The third-order valence-corrected chi connectivity index (χ3v) is 2.95. The van der Waals surface area contributed by atoms with Crippen LogP contribution in [0.2, 0.25) is 5.02 Å². The molecule has 5 nitrogen and oxygen atoms in total. The van der Waals surface area contributed by atoms with Crippen LogP contribution in [-0.2, 0) is 9.53 Å². The summed E-state index contributed by atoms with van der Waals surface area (Å²) in [7, 11) is 0. The molecular formula is C13H17ClN2O3. The van der Waals surface area contributed by atoms with E-state index in [1.54, 1.807) is 24.3 Å². The van der Waals surface area contributed by atoms with Crippen LogP contribution in [0.1, 0.15) is 0 Å². The highest BCUT2D eigenvalue weighted by Crippen LogP contribution is 2.16. The van der Waals surface area contributed by atoms with E-state index in [0.717, 1.165) is 13.2 Å². The predicted octanol–water partition coefficient (Wildman–Crippen LogP) is 0.823. The van der Waals surface area contributed by atoms with E-state index in [2.05, 4.69) is 10.6 Å². The van der Waals surface area contributed by atoms with Crippen molar-refractivity contribution in [3.8, 4) is 5.75 Å². The van der Waals surface area contributed by atoms with Crippen molar-refractivity contribution in [2.45, 2.75) is 6.04 Å². The SMILES string of the molecule is O=C(COc1cccc(Cl)c1)NCC1COCCN1. The topological polar surface area (TPSA) is 59.6 Å². The highest BCUT2D eigenvalue weighted by Gasteiger charge is 2.13. The fourth-order valence-corrected chi connectivity index (χ4v) is 1.92. The lowest BCUT2D eigenvalue weighted by Gasteiger charge is -2.23. The average molecular weight is 285 g/mol. The van der Waals surface area contributed by atoms with Gasteiger partial charge in [0.1, 0.15) is 5.75 Å². The molecule has 1 aliphatic heterocycles. The lowest BCUT2D eigenvalue weighted by atomic mass is 10.3. The number of ether oxygens (including phenoxy) is 2. The second kappa shape index (κ2) is 7.33. The normalized spacial score (nSPS) is 18.9. The number of halogens is 1. The molecule has 1 fully saturated rings. The Hall–Kier alpha value is -1.30. The molecule has 1 heterocycles. The molecule has 1 amide bonds. The van der Waals surface area contributed by atoms with Crippen molar-refractivity contribution < 1.29 is 14.3 Å². The lowest BCUT2D eigenvalue weighted by Crippen LogP contribution is -2.48. The van der Waals surface area contributed by atoms with Crippen LogP contribution in [0.15, 0.2) is 24.3 Å². The standard InChI is InChI=1S/C13H17ClN2O3/c14-10-2-1-3-12(6-10)19-9-13(17)16-7-11-8-18-5-4-15-11/h1-3,6,11,15H,4-5,7-9H2,(H,16,17). The predicted molar refractivity (Wildman–Crippen MR) is 72.6 cm³/mol. The molecule has 2 N–H and O–H groups in total. The third kappa shape index (κ3) is 5.06. The molecule has 1 aromatic rings. The highest BCUT2D eigenvalue weighted by atomic mass is 35.5. The van der Waals surface area contributed by atoms with Gasteiger partial charge in [-0.1, -0.05) is 17.7 Å². The second-order valence-corrected chi connectivity index (χ2v) is 4.71. The quantitative estimate of drug-likeness (QED) is 0.841. The summed E-state index contributed by atoms with van der Waals surface area (Å²) < 4.78 is 10.6. The molecule has 104 valence electrons. The van der Waals surface area contributed by atoms with E-state index < -0.39 is 0 Å². The largest absolute Gasteiger partial charge is 0.484 e. The number of rotatable bonds is 5. The fraction of sp³-hybridized carbons (Fsp3) is 0.462. The molecule has 0 aromatic heterocycles. The van der Waals surface area contributed by atoms with Gasteiger partial charge in [0.25, 0.3) is 5.91 Å². The van der Waals surface area contributed by atoms with Crippen molar-refractivity contribution in [2.75, 3.05) is 32.9 Å². The molecule has 0 saturated carbocycles. The Morgan fingerprint density at radius 2 is 2.47 bits per heavy atom. The van der Waals surface area contributed by atoms with Crippen molar-refractivity contribution in [1.29, 1.82) is 0 Å². The molecule has 19 heavy (non-hydrogen) atoms. The van der Waals surface area contributed by atoms with Crippen LogP contribution in [0.3, 0.4) is 0 Å². The smallest absolute Gasteiger partial charge is 0.257 e. The summed E-state index contributed by atoms with van der Waals surface area (Å²) in [6, 6.07) is 7.13. The minimum atomic E-state index is -0.160. The van der Waals surface area contributed by atoms with Gasteiger partial charge >= 0.3 is 0 Å². The van der Waals surface area contributed by atoms with Gasteiger partial charge in [0, 0.05) is 24.2 Å². The molecule has 0 aliphatic carbocycles. The summed E-state index contributed by atoms with van der Waals surface area (Å²) >= 11 is 5.82. The number of hydrogen-bond acceptors (Lipinski definition) is 4. The van der Waals surface area contributed by atoms with E-state index in [1.807, 2.05) is 0 Å². The van der Waals surface area contributed by atoms with Crippen molar-refractivity contribution in [1.82, 2.24) is 10.6 Å². The first-order chi connectivity index (χ1) is 9.24. The van der Waals surface area contributed by atoms with Crippen molar-refractivity contribution in [2.24, 2.45) is 0 Å². The van der Waals surface area contributed by atoms with Crippen LogP contribution in [0.4, 0.5) is 0 Å². The highest BCUT2D eigenvalue weighted by molar-refractivity contribution is 6.30. The van der Waals surface area contributed by atoms with E-state index in [0.29, 0.717) is 23.9 Å². The van der Waals surface area contributed by atoms with Crippen LogP contribution >= 0.6 is 11.6 Å². The monoisotopic (exact) mass is 284 g/mol. The maximum Gasteiger partial charge on any atom is 0.257 e. The summed E-state index contributed by atoms with van der Waals surface area (Å²) in [6.45, 7) is 2.68. The molecule has 1 aliphatic rings. The van der Waals surface area contributed by atoms with E-state index in [-0.39, 0.29) is 18.6 Å². The fourth-order valence-electron chi connectivity index (χ4n) is 1.74. The minimum Gasteiger partial charge on any atom is -0.484 e. The van der Waals surface area contributed by atoms with E-state index >= 15 is 0 Å². The van der Waals surface area contributed by atoms with Crippen LogP contribution < -0.4 is 15.4 Å². The number of carbonyl (C=O) groups is 1. The Kier molecular flexibility index (Phi) is 5.44. The summed E-state index contributed by atoms with van der Waals surface area (Å²) in [4.78, 5) is 11.6. The van der Waals surface area contributed by atoms with Crippen LogP contribution in [0.5, 0.6) is 5.75 Å². The zero-order valence-electron chi connectivity index (χ0n) is 10.5. The van der Waals surface area contributed by atoms with Crippen molar-refractivity contribution >= 4 is 17.5 Å². The first-order valence-corrected chi connectivity index (χ1v) is 6.58. The molecular weight excluding hydrogens is 268 g/mol. The van der Waals surface area contributed by atoms with Gasteiger partial charge in [-0.25, -0.2) is 0 Å². The first-order valence-electron chi connectivity index (χ1n) is 6.20. The molecule has 6 heteroatoms. The number of benzene rings is 1. The lowest BCUT2D eigenvalue weighted by molar-refractivity contribution is -0.123. The Balaban J connectivity index is 1.66. The van der Waals surface area contributed by atoms with E-state index in [4.69, 9.17) is 21.1 Å². The number of morpholine rings is 1. The van der Waals surface area contributed by atoms with Crippen molar-refractivity contribution in [3.05, 3.63) is 29.3 Å². The van der Waals surface area contributed by atoms with Gasteiger partial charge in [-0.15, -0.1) is 0 Å². The van der Waals surface area contributed by atoms with Crippen LogP contribution in [0, 0.1) is 0 Å². The third-order valence-electron chi connectivity index (χ3n) is 2.71. The molecule has 0 radical (unpaired) electrons. The molecule has 2 rings (SSSR count). The first kappa shape index (κ1) is 14.1. The van der Waals surface area contributed by atoms with Crippen LogP contribution in [0.25, 0.3) is 0 Å². The number of carbonyl (C=O) groups excluding carboxylic acids is 1. The molecule has 0 spiro atoms. The Bertz CT molecular complexity index is 422. The number of nitrogens with one attached hydrogen (secondary N) is 2. The van der Waals surface area contributed by atoms with Gasteiger partial charge < -0.3 is 20.1 Å². The summed E-state index contributed by atoms with van der Waals surface area (Å²) in [6.07, 6.45) is 0. The number of hydrogen-bond donors (Lipinski definition) is 2. The average Bonchev–Trinajstić information content (AvgIpc) is 2.44. The van der Waals surface area contributed by atoms with Gasteiger partial charge in [0.2, 0.25) is 0 Å². The molecule has 0 bridgehead atoms. The minimum absolute atomic E-state index is 0.0199. The van der Waals surface area contributed by atoms with Crippen LogP contribution in [-0.4, -0.2) is 44.9 Å². The van der Waals surface area contributed by atoms with Gasteiger partial charge in [-0.05, 0) is 18.2 Å². The Morgan fingerprint density at radius 1 is 1.58 bits per heavy atom. The zero-order valence-corrected chi connectivity index (χ0v) is 11.3. The Morgan fingerprint density at radius 3 is 3.21 bits per heavy atom. The van der Waals surface area contributed by atoms with Gasteiger partial charge in [-0.2, -0.15) is 0 Å². The summed E-state index contributed by atoms with van der Waals surface area (Å²) in [5, 5.41) is 6.64. The Labute approximate surface area is 117 Å². The zero-order chi connectivity index (χ0) is 13.5. The van der Waals surface area contributed by atoms with Gasteiger partial charge in [0.15, 0.2) is 6.61 Å². The van der Waals surface area contributed by atoms with Crippen molar-refractivity contribution in [3.63, 3.8) is 0 Å². The number of amides is 1. The van der Waals surface area contributed by atoms with E-state index in [9.17, 15) is 4.79 Å². The maximum absolute atomic E-state index is 11.6. The molecule has 1 aromatic carbocycles. The second-order valence-electron chi connectivity index (χ2n) is 4.28. The van der Waals surface area contributed by atoms with Gasteiger partial charge in [-0.3, -0.25) is 4.79 Å². The maximum atomic E-state index is 11.6. The molecule has 1 unspecified atom stereocenters. The molecule has 1 saturated heterocycles.